The molecule has 2 nitrogen and oxygen atoms in total. The molecule has 0 bridgehead atoms. The molecule has 0 saturated carbocycles. The summed E-state index contributed by atoms with van der Waals surface area (Å²) in [6.07, 6.45) is 4.00. The van der Waals surface area contributed by atoms with E-state index in [1.54, 1.807) is 0 Å². The molecule has 1 heterocycles. The van der Waals surface area contributed by atoms with Crippen LogP contribution in [0.15, 0.2) is 28.7 Å². The molecule has 1 aromatic rings. The maximum absolute atomic E-state index is 3.52. The Morgan fingerprint density at radius 2 is 2.00 bits per heavy atom. The summed E-state index contributed by atoms with van der Waals surface area (Å²) in [6, 6.07) is 9.39. The number of halogens is 1. The second-order valence-electron chi connectivity index (χ2n) is 5.29. The molecule has 100 valence electrons. The Kier molecular flexibility index (Phi) is 5.22. The van der Waals surface area contributed by atoms with Gasteiger partial charge in [0.05, 0.1) is 0 Å². The number of benzene rings is 1. The predicted molar refractivity (Wildman–Crippen MR) is 80.8 cm³/mol. The molecule has 2 atom stereocenters. The van der Waals surface area contributed by atoms with Gasteiger partial charge in [-0.1, -0.05) is 34.5 Å². The largest absolute Gasteiger partial charge is 0.319 e. The van der Waals surface area contributed by atoms with Gasteiger partial charge in [-0.3, -0.25) is 4.90 Å². The van der Waals surface area contributed by atoms with Gasteiger partial charge in [-0.15, -0.1) is 0 Å². The third-order valence-electron chi connectivity index (χ3n) is 3.93. The number of nitrogens with zero attached hydrogens (tertiary/aromatic N) is 1. The normalized spacial score (nSPS) is 25.9. The van der Waals surface area contributed by atoms with Crippen LogP contribution < -0.4 is 5.32 Å². The fourth-order valence-corrected chi connectivity index (χ4v) is 3.35. The molecule has 1 saturated heterocycles. The van der Waals surface area contributed by atoms with Crippen LogP contribution in [0.5, 0.6) is 0 Å². The van der Waals surface area contributed by atoms with Crippen molar-refractivity contribution in [1.29, 1.82) is 0 Å². The molecular formula is C15H23BrN2. The second-order valence-corrected chi connectivity index (χ2v) is 6.21. The number of likely N-dealkylation sites (tertiary alicyclic amines) is 1. The Bertz CT molecular complexity index is 363. The summed E-state index contributed by atoms with van der Waals surface area (Å²) in [4.78, 5) is 2.53. The highest BCUT2D eigenvalue weighted by molar-refractivity contribution is 9.10. The van der Waals surface area contributed by atoms with Crippen LogP contribution in [0, 0.1) is 5.92 Å². The van der Waals surface area contributed by atoms with Gasteiger partial charge in [0.2, 0.25) is 0 Å². The molecule has 0 radical (unpaired) electrons. The van der Waals surface area contributed by atoms with E-state index in [1.807, 2.05) is 0 Å². The van der Waals surface area contributed by atoms with E-state index in [-0.39, 0.29) is 0 Å². The van der Waals surface area contributed by atoms with Gasteiger partial charge in [0, 0.05) is 10.5 Å². The van der Waals surface area contributed by atoms with Crippen molar-refractivity contribution in [3.8, 4) is 0 Å². The highest BCUT2D eigenvalue weighted by atomic mass is 79.9. The smallest absolute Gasteiger partial charge is 0.0385 e. The van der Waals surface area contributed by atoms with Gasteiger partial charge in [-0.2, -0.15) is 0 Å². The summed E-state index contributed by atoms with van der Waals surface area (Å²) < 4.78 is 1.16. The minimum absolute atomic E-state index is 0.549. The lowest BCUT2D eigenvalue weighted by Crippen LogP contribution is -2.33. The molecule has 1 aliphatic heterocycles. The zero-order valence-electron chi connectivity index (χ0n) is 11.3. The van der Waals surface area contributed by atoms with Crippen molar-refractivity contribution in [1.82, 2.24) is 10.2 Å². The first-order valence-corrected chi connectivity index (χ1v) is 7.62. The van der Waals surface area contributed by atoms with Gasteiger partial charge in [0.15, 0.2) is 0 Å². The number of nitrogens with one attached hydrogen (secondary N) is 1. The topological polar surface area (TPSA) is 15.3 Å². The maximum Gasteiger partial charge on any atom is 0.0385 e. The molecule has 18 heavy (non-hydrogen) atoms. The van der Waals surface area contributed by atoms with E-state index in [9.17, 15) is 0 Å². The van der Waals surface area contributed by atoms with Crippen LogP contribution in [0.4, 0.5) is 0 Å². The van der Waals surface area contributed by atoms with E-state index >= 15 is 0 Å². The van der Waals surface area contributed by atoms with E-state index in [4.69, 9.17) is 0 Å². The van der Waals surface area contributed by atoms with Crippen LogP contribution in [-0.4, -0.2) is 32.1 Å². The number of rotatable bonds is 3. The molecule has 0 aromatic heterocycles. The Hall–Kier alpha value is -0.380. The highest BCUT2D eigenvalue weighted by Gasteiger charge is 2.28. The van der Waals surface area contributed by atoms with E-state index < -0.39 is 0 Å². The first-order chi connectivity index (χ1) is 8.72. The SMILES string of the molecule is CNCC1CCCCN(C)C1c1ccc(Br)cc1. The van der Waals surface area contributed by atoms with Crippen LogP contribution in [0.1, 0.15) is 30.9 Å². The van der Waals surface area contributed by atoms with Crippen molar-refractivity contribution in [2.45, 2.75) is 25.3 Å². The first-order valence-electron chi connectivity index (χ1n) is 6.82. The molecule has 0 spiro atoms. The summed E-state index contributed by atoms with van der Waals surface area (Å²) in [7, 11) is 4.32. The summed E-state index contributed by atoms with van der Waals surface area (Å²) in [5.41, 5.74) is 1.45. The van der Waals surface area contributed by atoms with E-state index in [0.717, 1.165) is 11.0 Å². The lowest BCUT2D eigenvalue weighted by molar-refractivity contribution is 0.191. The van der Waals surface area contributed by atoms with Crippen LogP contribution >= 0.6 is 15.9 Å². The molecule has 1 aliphatic rings. The fourth-order valence-electron chi connectivity index (χ4n) is 3.09. The quantitative estimate of drug-likeness (QED) is 0.920. The van der Waals surface area contributed by atoms with Crippen molar-refractivity contribution in [3.05, 3.63) is 34.3 Å². The summed E-state index contributed by atoms with van der Waals surface area (Å²) in [5, 5.41) is 3.36. The third kappa shape index (κ3) is 3.34. The van der Waals surface area contributed by atoms with Gasteiger partial charge >= 0.3 is 0 Å². The Morgan fingerprint density at radius 1 is 1.28 bits per heavy atom. The van der Waals surface area contributed by atoms with Gasteiger partial charge in [0.1, 0.15) is 0 Å². The summed E-state index contributed by atoms with van der Waals surface area (Å²) in [6.45, 7) is 2.31. The van der Waals surface area contributed by atoms with Crippen molar-refractivity contribution in [2.75, 3.05) is 27.2 Å². The van der Waals surface area contributed by atoms with Crippen LogP contribution in [0.25, 0.3) is 0 Å². The number of hydrogen-bond acceptors (Lipinski definition) is 2. The lowest BCUT2D eigenvalue weighted by Gasteiger charge is -2.33. The minimum Gasteiger partial charge on any atom is -0.319 e. The Morgan fingerprint density at radius 3 is 2.67 bits per heavy atom. The molecule has 2 unspecified atom stereocenters. The molecule has 2 rings (SSSR count). The second kappa shape index (κ2) is 6.69. The molecule has 3 heteroatoms. The monoisotopic (exact) mass is 310 g/mol. The lowest BCUT2D eigenvalue weighted by atomic mass is 9.89. The Labute approximate surface area is 119 Å². The standard InChI is InChI=1S/C15H23BrN2/c1-17-11-13-5-3-4-10-18(2)15(13)12-6-8-14(16)9-7-12/h6-9,13,15,17H,3-5,10-11H2,1-2H3. The molecular weight excluding hydrogens is 288 g/mol. The average molecular weight is 311 g/mol. The van der Waals surface area contributed by atoms with E-state index in [1.165, 1.54) is 31.4 Å². The van der Waals surface area contributed by atoms with Crippen LogP contribution in [0.3, 0.4) is 0 Å². The minimum atomic E-state index is 0.549. The van der Waals surface area contributed by atoms with Gasteiger partial charge < -0.3 is 5.32 Å². The van der Waals surface area contributed by atoms with Crippen molar-refractivity contribution >= 4 is 15.9 Å². The summed E-state index contributed by atoms with van der Waals surface area (Å²) >= 11 is 3.52. The average Bonchev–Trinajstić information content (AvgIpc) is 2.53. The fraction of sp³-hybridized carbons (Fsp3) is 0.600. The maximum atomic E-state index is 3.52. The third-order valence-corrected chi connectivity index (χ3v) is 4.46. The highest BCUT2D eigenvalue weighted by Crippen LogP contribution is 2.34. The molecule has 1 aromatic carbocycles. The molecule has 0 aliphatic carbocycles. The van der Waals surface area contributed by atoms with Gasteiger partial charge in [-0.25, -0.2) is 0 Å². The first kappa shape index (κ1) is 14.0. The number of hydrogen-bond donors (Lipinski definition) is 1. The summed E-state index contributed by atoms with van der Waals surface area (Å²) in [5.74, 6) is 0.712. The van der Waals surface area contributed by atoms with Crippen molar-refractivity contribution < 1.29 is 0 Å². The molecule has 1 N–H and O–H groups in total. The predicted octanol–water partition coefficient (Wildman–Crippen LogP) is 3.44. The zero-order chi connectivity index (χ0) is 13.0. The van der Waals surface area contributed by atoms with Crippen LogP contribution in [0.2, 0.25) is 0 Å². The van der Waals surface area contributed by atoms with Crippen molar-refractivity contribution in [3.63, 3.8) is 0 Å². The Balaban J connectivity index is 2.24. The van der Waals surface area contributed by atoms with Gasteiger partial charge in [0.25, 0.3) is 0 Å². The molecule has 1 fully saturated rings. The van der Waals surface area contributed by atoms with Gasteiger partial charge in [-0.05, 0) is 63.6 Å². The zero-order valence-corrected chi connectivity index (χ0v) is 12.9. The van der Waals surface area contributed by atoms with E-state index in [0.29, 0.717) is 12.0 Å². The van der Waals surface area contributed by atoms with E-state index in [2.05, 4.69) is 64.5 Å². The van der Waals surface area contributed by atoms with Crippen molar-refractivity contribution in [2.24, 2.45) is 5.92 Å². The molecule has 0 amide bonds. The van der Waals surface area contributed by atoms with Crippen LogP contribution in [-0.2, 0) is 0 Å².